The number of aliphatic hydroxyl groups is 4. The van der Waals surface area contributed by atoms with Crippen LogP contribution in [0.5, 0.6) is 0 Å². The summed E-state index contributed by atoms with van der Waals surface area (Å²) in [6.45, 7) is -1.24. The Bertz CT molecular complexity index is 227. The second kappa shape index (κ2) is 3.57. The summed E-state index contributed by atoms with van der Waals surface area (Å²) < 4.78 is 4.86. The van der Waals surface area contributed by atoms with Gasteiger partial charge in [0.2, 0.25) is 5.60 Å². The highest BCUT2D eigenvalue weighted by Crippen LogP contribution is 2.30. The van der Waals surface area contributed by atoms with E-state index in [4.69, 9.17) is 20.2 Å². The van der Waals surface area contributed by atoms with Crippen LogP contribution in [-0.4, -0.2) is 57.6 Å². The van der Waals surface area contributed by atoms with E-state index >= 15 is 0 Å². The van der Waals surface area contributed by atoms with Gasteiger partial charge in [-0.3, -0.25) is 0 Å². The van der Waals surface area contributed by atoms with Crippen LogP contribution in [0.15, 0.2) is 0 Å². The Hall–Kier alpha value is -0.710. The van der Waals surface area contributed by atoms with Crippen LogP contribution in [0.2, 0.25) is 0 Å². The van der Waals surface area contributed by atoms with E-state index in [0.29, 0.717) is 0 Å². The van der Waals surface area contributed by atoms with Crippen molar-refractivity contribution >= 4 is 0 Å². The van der Waals surface area contributed by atoms with Crippen LogP contribution in [0, 0.1) is 11.3 Å². The summed E-state index contributed by atoms with van der Waals surface area (Å²) in [7, 11) is 0. The monoisotopic (exact) mass is 189 g/mol. The van der Waals surface area contributed by atoms with Gasteiger partial charge in [0, 0.05) is 0 Å². The molecule has 0 aromatic rings. The molecule has 0 bridgehead atoms. The summed E-state index contributed by atoms with van der Waals surface area (Å²) in [4.78, 5) is 0. The molecule has 0 radical (unpaired) electrons. The molecule has 0 aromatic heterocycles. The largest absolute Gasteiger partial charge is 0.394 e. The van der Waals surface area contributed by atoms with Gasteiger partial charge in [0.05, 0.1) is 13.2 Å². The Kier molecular flexibility index (Phi) is 2.85. The number of hydrogen-bond acceptors (Lipinski definition) is 6. The fraction of sp³-hybridized carbons (Fsp3) is 0.857. The molecule has 0 amide bonds. The molecule has 1 rings (SSSR count). The first-order valence-corrected chi connectivity index (χ1v) is 3.78. The number of nitriles is 1. The van der Waals surface area contributed by atoms with Crippen LogP contribution in [-0.2, 0) is 4.74 Å². The van der Waals surface area contributed by atoms with Crippen molar-refractivity contribution in [2.45, 2.75) is 23.9 Å². The maximum absolute atomic E-state index is 9.34. The van der Waals surface area contributed by atoms with E-state index < -0.39 is 37.1 Å². The zero-order valence-electron chi connectivity index (χ0n) is 6.79. The number of nitrogens with zero attached hydrogens (tertiary/aromatic N) is 1. The molecule has 1 fully saturated rings. The van der Waals surface area contributed by atoms with Gasteiger partial charge in [0.1, 0.15) is 24.4 Å². The molecule has 0 aliphatic carbocycles. The van der Waals surface area contributed by atoms with Gasteiger partial charge in [0.25, 0.3) is 0 Å². The summed E-state index contributed by atoms with van der Waals surface area (Å²) in [6.07, 6.45) is -3.88. The second-order valence-electron chi connectivity index (χ2n) is 2.93. The van der Waals surface area contributed by atoms with Crippen molar-refractivity contribution in [3.63, 3.8) is 0 Å². The molecule has 1 aliphatic rings. The van der Waals surface area contributed by atoms with Gasteiger partial charge in [-0.2, -0.15) is 5.26 Å². The molecule has 1 saturated heterocycles. The quantitative estimate of drug-likeness (QED) is 0.377. The third-order valence-corrected chi connectivity index (χ3v) is 2.15. The number of hydrogen-bond donors (Lipinski definition) is 4. The lowest BCUT2D eigenvalue weighted by Gasteiger charge is -2.21. The van der Waals surface area contributed by atoms with Crippen molar-refractivity contribution in [3.8, 4) is 6.07 Å². The molecule has 1 heterocycles. The molecule has 6 nitrogen and oxygen atoms in total. The van der Waals surface area contributed by atoms with E-state index in [1.807, 2.05) is 0 Å². The van der Waals surface area contributed by atoms with Crippen LogP contribution < -0.4 is 0 Å². The third-order valence-electron chi connectivity index (χ3n) is 2.15. The number of ether oxygens (including phenoxy) is 1. The third kappa shape index (κ3) is 1.41. The van der Waals surface area contributed by atoms with Gasteiger partial charge < -0.3 is 25.2 Å². The van der Waals surface area contributed by atoms with Crippen molar-refractivity contribution < 1.29 is 25.2 Å². The molecular weight excluding hydrogens is 178 g/mol. The van der Waals surface area contributed by atoms with Gasteiger partial charge in [-0.05, 0) is 0 Å². The van der Waals surface area contributed by atoms with E-state index in [1.54, 1.807) is 6.07 Å². The van der Waals surface area contributed by atoms with Crippen LogP contribution in [0.4, 0.5) is 0 Å². The standard InChI is InChI=1S/C7H11NO5/c8-2-7(3-10)6(12)5(11)4(1-9)13-7/h4-6,9-12H,1,3H2/t4-,5-,6-,7?/m1/s1. The lowest BCUT2D eigenvalue weighted by Crippen LogP contribution is -2.45. The molecule has 6 heteroatoms. The van der Waals surface area contributed by atoms with Gasteiger partial charge in [-0.25, -0.2) is 0 Å². The van der Waals surface area contributed by atoms with Crippen molar-refractivity contribution in [2.75, 3.05) is 13.2 Å². The Morgan fingerprint density at radius 3 is 2.23 bits per heavy atom. The van der Waals surface area contributed by atoms with Gasteiger partial charge in [0.15, 0.2) is 0 Å². The molecule has 0 spiro atoms. The highest BCUT2D eigenvalue weighted by molar-refractivity contribution is 5.14. The lowest BCUT2D eigenvalue weighted by molar-refractivity contribution is -0.0824. The Morgan fingerprint density at radius 2 is 2.00 bits per heavy atom. The molecule has 13 heavy (non-hydrogen) atoms. The summed E-state index contributed by atoms with van der Waals surface area (Å²) in [5.74, 6) is 0. The number of rotatable bonds is 2. The summed E-state index contributed by atoms with van der Waals surface area (Å²) in [5.41, 5.74) is -1.81. The molecule has 0 saturated carbocycles. The topological polar surface area (TPSA) is 114 Å². The molecule has 1 unspecified atom stereocenters. The second-order valence-corrected chi connectivity index (χ2v) is 2.93. The fourth-order valence-corrected chi connectivity index (χ4v) is 1.29. The van der Waals surface area contributed by atoms with E-state index in [0.717, 1.165) is 0 Å². The maximum Gasteiger partial charge on any atom is 0.205 e. The summed E-state index contributed by atoms with van der Waals surface area (Å²) in [6, 6.07) is 1.58. The Morgan fingerprint density at radius 1 is 1.38 bits per heavy atom. The highest BCUT2D eigenvalue weighted by Gasteiger charge is 2.54. The normalized spacial score (nSPS) is 44.7. The smallest absolute Gasteiger partial charge is 0.205 e. The minimum atomic E-state index is -1.81. The van der Waals surface area contributed by atoms with Crippen LogP contribution in [0.1, 0.15) is 0 Å². The van der Waals surface area contributed by atoms with E-state index in [2.05, 4.69) is 0 Å². The SMILES string of the molecule is N#CC1(CO)O[C@H](CO)[C@@H](O)[C@H]1O. The van der Waals surface area contributed by atoms with Crippen LogP contribution in [0.3, 0.4) is 0 Å². The van der Waals surface area contributed by atoms with Crippen molar-refractivity contribution in [1.29, 1.82) is 5.26 Å². The Balaban J connectivity index is 2.87. The van der Waals surface area contributed by atoms with Gasteiger partial charge in [-0.15, -0.1) is 0 Å². The first-order chi connectivity index (χ1) is 6.11. The van der Waals surface area contributed by atoms with E-state index in [9.17, 15) is 10.2 Å². The zero-order chi connectivity index (χ0) is 10.1. The molecule has 0 aromatic carbocycles. The minimum Gasteiger partial charge on any atom is -0.394 e. The summed E-state index contributed by atoms with van der Waals surface area (Å²) >= 11 is 0. The van der Waals surface area contributed by atoms with E-state index in [-0.39, 0.29) is 0 Å². The van der Waals surface area contributed by atoms with Crippen LogP contribution >= 0.6 is 0 Å². The lowest BCUT2D eigenvalue weighted by atomic mass is 9.97. The molecule has 4 atom stereocenters. The Labute approximate surface area is 74.6 Å². The van der Waals surface area contributed by atoms with Crippen LogP contribution in [0.25, 0.3) is 0 Å². The average molecular weight is 189 g/mol. The van der Waals surface area contributed by atoms with Gasteiger partial charge >= 0.3 is 0 Å². The number of aliphatic hydroxyl groups excluding tert-OH is 4. The van der Waals surface area contributed by atoms with Crippen molar-refractivity contribution in [1.82, 2.24) is 0 Å². The fourth-order valence-electron chi connectivity index (χ4n) is 1.29. The zero-order valence-corrected chi connectivity index (χ0v) is 6.79. The summed E-state index contributed by atoms with van der Waals surface area (Å²) in [5, 5.41) is 44.7. The minimum absolute atomic E-state index is 0.512. The van der Waals surface area contributed by atoms with E-state index in [1.165, 1.54) is 0 Å². The molecule has 74 valence electrons. The predicted molar refractivity (Wildman–Crippen MR) is 39.4 cm³/mol. The maximum atomic E-state index is 9.34. The van der Waals surface area contributed by atoms with Crippen molar-refractivity contribution in [3.05, 3.63) is 0 Å². The molecule has 4 N–H and O–H groups in total. The molecular formula is C7H11NO5. The predicted octanol–water partition coefficient (Wildman–Crippen LogP) is -2.65. The van der Waals surface area contributed by atoms with Gasteiger partial charge in [-0.1, -0.05) is 0 Å². The highest BCUT2D eigenvalue weighted by atomic mass is 16.6. The first kappa shape index (κ1) is 10.4. The molecule has 1 aliphatic heterocycles. The van der Waals surface area contributed by atoms with Crippen molar-refractivity contribution in [2.24, 2.45) is 0 Å². The average Bonchev–Trinajstić information content (AvgIpc) is 2.42. The first-order valence-electron chi connectivity index (χ1n) is 3.78.